The molecule has 1 aliphatic rings. The molecule has 1 nitrogen and oxygen atoms in total. The van der Waals surface area contributed by atoms with Crippen molar-refractivity contribution in [3.63, 3.8) is 0 Å². The summed E-state index contributed by atoms with van der Waals surface area (Å²) in [5.41, 5.74) is 0.506. The Balaban J connectivity index is 2.16. The van der Waals surface area contributed by atoms with Crippen LogP contribution >= 0.6 is 0 Å². The third-order valence-electron chi connectivity index (χ3n) is 2.69. The molecule has 1 heterocycles. The second-order valence-corrected chi connectivity index (χ2v) is 5.51. The van der Waals surface area contributed by atoms with Crippen molar-refractivity contribution in [2.45, 2.75) is 40.5 Å². The number of hydrogen-bond donors (Lipinski definition) is 0. The van der Waals surface area contributed by atoms with Gasteiger partial charge in [0.2, 0.25) is 0 Å². The Labute approximate surface area is 77.1 Å². The number of rotatable bonds is 2. The highest BCUT2D eigenvalue weighted by molar-refractivity contribution is 4.74. The van der Waals surface area contributed by atoms with Crippen molar-refractivity contribution in [3.8, 4) is 0 Å². The Morgan fingerprint density at radius 3 is 2.42 bits per heavy atom. The van der Waals surface area contributed by atoms with Gasteiger partial charge in [0.05, 0.1) is 0 Å². The summed E-state index contributed by atoms with van der Waals surface area (Å²) < 4.78 is 0. The molecule has 0 unspecified atom stereocenters. The molecule has 1 heteroatoms. The lowest BCUT2D eigenvalue weighted by Gasteiger charge is -2.22. The van der Waals surface area contributed by atoms with Gasteiger partial charge in [-0.3, -0.25) is 0 Å². The predicted octanol–water partition coefficient (Wildman–Crippen LogP) is 2.76. The number of hydrogen-bond acceptors (Lipinski definition) is 1. The zero-order valence-electron chi connectivity index (χ0n) is 9.06. The van der Waals surface area contributed by atoms with Crippen molar-refractivity contribution in [1.82, 2.24) is 4.90 Å². The highest BCUT2D eigenvalue weighted by Gasteiger charge is 2.20. The molecule has 0 spiro atoms. The fourth-order valence-corrected chi connectivity index (χ4v) is 1.72. The molecule has 0 N–H and O–H groups in total. The van der Waals surface area contributed by atoms with Gasteiger partial charge in [0.25, 0.3) is 0 Å². The van der Waals surface area contributed by atoms with Crippen LogP contribution in [-0.4, -0.2) is 24.5 Å². The van der Waals surface area contributed by atoms with Crippen LogP contribution in [0.1, 0.15) is 40.5 Å². The summed E-state index contributed by atoms with van der Waals surface area (Å²) >= 11 is 0. The minimum Gasteiger partial charge on any atom is -0.303 e. The van der Waals surface area contributed by atoms with E-state index in [1.54, 1.807) is 0 Å². The van der Waals surface area contributed by atoms with Crippen molar-refractivity contribution in [2.24, 2.45) is 11.3 Å². The molecule has 1 aliphatic heterocycles. The van der Waals surface area contributed by atoms with Crippen LogP contribution in [0.4, 0.5) is 0 Å². The van der Waals surface area contributed by atoms with Crippen LogP contribution in [-0.2, 0) is 0 Å². The first-order valence-corrected chi connectivity index (χ1v) is 5.20. The summed E-state index contributed by atoms with van der Waals surface area (Å²) in [6, 6.07) is 0. The molecule has 72 valence electrons. The topological polar surface area (TPSA) is 3.24 Å². The van der Waals surface area contributed by atoms with E-state index in [2.05, 4.69) is 32.6 Å². The molecule has 1 rings (SSSR count). The molecule has 0 aromatic heterocycles. The predicted molar refractivity (Wildman–Crippen MR) is 54.3 cm³/mol. The van der Waals surface area contributed by atoms with Crippen molar-refractivity contribution < 1.29 is 0 Å². The quantitative estimate of drug-likeness (QED) is 0.614. The third-order valence-corrected chi connectivity index (χ3v) is 2.69. The molecule has 0 saturated carbocycles. The Morgan fingerprint density at radius 1 is 1.33 bits per heavy atom. The molecule has 1 atom stereocenters. The third kappa shape index (κ3) is 3.57. The molecular weight excluding hydrogens is 146 g/mol. The van der Waals surface area contributed by atoms with Crippen LogP contribution in [0.15, 0.2) is 0 Å². The van der Waals surface area contributed by atoms with Gasteiger partial charge in [0, 0.05) is 6.54 Å². The number of nitrogens with zero attached hydrogens (tertiary/aromatic N) is 1. The molecule has 0 amide bonds. The summed E-state index contributed by atoms with van der Waals surface area (Å²) in [6.07, 6.45) is 2.74. The van der Waals surface area contributed by atoms with Gasteiger partial charge in [-0.2, -0.15) is 0 Å². The van der Waals surface area contributed by atoms with E-state index in [1.807, 2.05) is 0 Å². The first-order chi connectivity index (χ1) is 5.47. The maximum atomic E-state index is 2.61. The Kier molecular flexibility index (Phi) is 3.16. The van der Waals surface area contributed by atoms with Gasteiger partial charge in [0.15, 0.2) is 0 Å². The highest BCUT2D eigenvalue weighted by Crippen LogP contribution is 2.21. The fraction of sp³-hybridized carbons (Fsp3) is 1.00. The Bertz CT molecular complexity index is 134. The van der Waals surface area contributed by atoms with Crippen LogP contribution in [0.3, 0.4) is 0 Å². The lowest BCUT2D eigenvalue weighted by atomic mass is 9.92. The van der Waals surface area contributed by atoms with Crippen LogP contribution < -0.4 is 0 Å². The molecule has 0 aliphatic carbocycles. The second kappa shape index (κ2) is 3.78. The van der Waals surface area contributed by atoms with Crippen LogP contribution in [0.25, 0.3) is 0 Å². The van der Waals surface area contributed by atoms with E-state index in [4.69, 9.17) is 0 Å². The zero-order valence-corrected chi connectivity index (χ0v) is 9.06. The molecule has 0 bridgehead atoms. The molecule has 0 aromatic rings. The summed E-state index contributed by atoms with van der Waals surface area (Å²) in [4.78, 5) is 2.61. The molecule has 1 fully saturated rings. The first kappa shape index (κ1) is 10.0. The minimum atomic E-state index is 0.506. The Hall–Kier alpha value is -0.0400. The molecule has 0 aromatic carbocycles. The van der Waals surface area contributed by atoms with E-state index < -0.39 is 0 Å². The summed E-state index contributed by atoms with van der Waals surface area (Å²) in [5.74, 6) is 0.935. The smallest absolute Gasteiger partial charge is 0.000750 e. The maximum absolute atomic E-state index is 2.61. The van der Waals surface area contributed by atoms with E-state index in [0.717, 1.165) is 5.92 Å². The summed E-state index contributed by atoms with van der Waals surface area (Å²) in [6.45, 7) is 13.3. The van der Waals surface area contributed by atoms with Gasteiger partial charge < -0.3 is 4.90 Å². The number of likely N-dealkylation sites (tertiary alicyclic amines) is 1. The van der Waals surface area contributed by atoms with E-state index in [9.17, 15) is 0 Å². The van der Waals surface area contributed by atoms with Gasteiger partial charge in [-0.25, -0.2) is 0 Å². The first-order valence-electron chi connectivity index (χ1n) is 5.20. The van der Waals surface area contributed by atoms with Crippen molar-refractivity contribution >= 4 is 0 Å². The minimum absolute atomic E-state index is 0.506. The van der Waals surface area contributed by atoms with Gasteiger partial charge in [-0.05, 0) is 37.3 Å². The van der Waals surface area contributed by atoms with E-state index in [0.29, 0.717) is 5.41 Å². The van der Waals surface area contributed by atoms with E-state index in [-0.39, 0.29) is 0 Å². The fourth-order valence-electron chi connectivity index (χ4n) is 1.72. The highest BCUT2D eigenvalue weighted by atomic mass is 15.1. The average Bonchev–Trinajstić information content (AvgIpc) is 2.30. The van der Waals surface area contributed by atoms with Crippen molar-refractivity contribution in [1.29, 1.82) is 0 Å². The average molecular weight is 169 g/mol. The lowest BCUT2D eigenvalue weighted by Crippen LogP contribution is -2.25. The largest absolute Gasteiger partial charge is 0.303 e. The summed E-state index contributed by atoms with van der Waals surface area (Å²) in [7, 11) is 0. The van der Waals surface area contributed by atoms with Crippen LogP contribution in [0.2, 0.25) is 0 Å². The normalized spacial score (nSPS) is 26.5. The lowest BCUT2D eigenvalue weighted by molar-refractivity contribution is 0.260. The zero-order chi connectivity index (χ0) is 9.19. The summed E-state index contributed by atoms with van der Waals surface area (Å²) in [5, 5.41) is 0. The maximum Gasteiger partial charge on any atom is 0.000750 e. The van der Waals surface area contributed by atoms with E-state index in [1.165, 1.54) is 32.5 Å². The van der Waals surface area contributed by atoms with E-state index >= 15 is 0 Å². The second-order valence-electron chi connectivity index (χ2n) is 5.51. The van der Waals surface area contributed by atoms with Crippen molar-refractivity contribution in [2.75, 3.05) is 19.6 Å². The van der Waals surface area contributed by atoms with Gasteiger partial charge in [-0.15, -0.1) is 0 Å². The van der Waals surface area contributed by atoms with Gasteiger partial charge in [-0.1, -0.05) is 27.7 Å². The molecule has 0 radical (unpaired) electrons. The molecule has 12 heavy (non-hydrogen) atoms. The van der Waals surface area contributed by atoms with Gasteiger partial charge >= 0.3 is 0 Å². The van der Waals surface area contributed by atoms with Gasteiger partial charge in [0.1, 0.15) is 0 Å². The monoisotopic (exact) mass is 169 g/mol. The standard InChI is InChI=1S/C11H23N/c1-10-5-7-12(9-10)8-6-11(2,3)4/h10H,5-9H2,1-4H3/t10-/m0/s1. The SMILES string of the molecule is C[C@H]1CCN(CCC(C)(C)C)C1. The molecule has 1 saturated heterocycles. The Morgan fingerprint density at radius 2 is 2.00 bits per heavy atom. The van der Waals surface area contributed by atoms with Crippen LogP contribution in [0.5, 0.6) is 0 Å². The molecular formula is C11H23N. The van der Waals surface area contributed by atoms with Crippen LogP contribution in [0, 0.1) is 11.3 Å². The van der Waals surface area contributed by atoms with Crippen molar-refractivity contribution in [3.05, 3.63) is 0 Å².